The molecule has 1 heterocycles. The van der Waals surface area contributed by atoms with E-state index in [1.807, 2.05) is 62.4 Å². The second kappa shape index (κ2) is 9.31. The monoisotopic (exact) mass is 469 g/mol. The summed E-state index contributed by atoms with van der Waals surface area (Å²) < 4.78 is 2.64. The Balaban J connectivity index is 2.11. The first-order chi connectivity index (χ1) is 13.9. The minimum Gasteiger partial charge on any atom is -0.502 e. The molecular formula is C23H22BrN2O2S+. The summed E-state index contributed by atoms with van der Waals surface area (Å²) in [5.41, 5.74) is 4.82. The number of nitrogens with zero attached hydrogens (tertiary/aromatic N) is 1. The number of hydrogen-bond acceptors (Lipinski definition) is 3. The molecular weight excluding hydrogens is 448 g/mol. The zero-order valence-electron chi connectivity index (χ0n) is 16.2. The molecule has 0 unspecified atom stereocenters. The van der Waals surface area contributed by atoms with E-state index in [0.717, 1.165) is 21.3 Å². The Morgan fingerprint density at radius 3 is 2.52 bits per heavy atom. The molecule has 3 rings (SSSR count). The number of aryl methyl sites for hydroxylation is 2. The molecule has 0 aliphatic carbocycles. The first kappa shape index (κ1) is 21.2. The average molecular weight is 470 g/mol. The molecule has 6 heteroatoms. The molecule has 0 amide bonds. The van der Waals surface area contributed by atoms with E-state index >= 15 is 0 Å². The molecule has 0 atom stereocenters. The van der Waals surface area contributed by atoms with Crippen molar-refractivity contribution >= 4 is 50.3 Å². The molecule has 0 aliphatic rings. The second-order valence-electron chi connectivity index (χ2n) is 6.75. The lowest BCUT2D eigenvalue weighted by Crippen LogP contribution is -2.39. The molecule has 2 aromatic carbocycles. The van der Waals surface area contributed by atoms with Gasteiger partial charge in [0.1, 0.15) is 0 Å². The summed E-state index contributed by atoms with van der Waals surface area (Å²) in [5, 5.41) is 23.9. The molecule has 1 aromatic heterocycles. The second-order valence-corrected chi connectivity index (χ2v) is 8.08. The zero-order valence-corrected chi connectivity index (χ0v) is 18.6. The van der Waals surface area contributed by atoms with Crippen molar-refractivity contribution in [2.45, 2.75) is 20.5 Å². The molecule has 0 saturated carbocycles. The molecule has 0 saturated heterocycles. The number of anilines is 1. The number of thiocarbonyl (C=S) groups is 1. The van der Waals surface area contributed by atoms with Gasteiger partial charge in [0.15, 0.2) is 23.1 Å². The molecule has 0 spiro atoms. The van der Waals surface area contributed by atoms with Crippen LogP contribution in [0.1, 0.15) is 22.3 Å². The number of nitrogens with one attached hydrogen (secondary N) is 1. The lowest BCUT2D eigenvalue weighted by Gasteiger charge is -2.13. The Morgan fingerprint density at radius 2 is 1.83 bits per heavy atom. The van der Waals surface area contributed by atoms with Crippen LogP contribution in [0.2, 0.25) is 0 Å². The summed E-state index contributed by atoms with van der Waals surface area (Å²) in [6.07, 6.45) is 3.54. The van der Waals surface area contributed by atoms with Gasteiger partial charge in [-0.2, -0.15) is 4.57 Å². The van der Waals surface area contributed by atoms with Crippen molar-refractivity contribution in [2.75, 3.05) is 5.32 Å². The van der Waals surface area contributed by atoms with Gasteiger partial charge in [0.2, 0.25) is 0 Å². The SMILES string of the molecule is Cc1ccc(C)c(NC(=S)/C(=C(\O)c2ccc(Br)cc2)[n+]2cccc(CO)c2)c1. The molecule has 3 N–H and O–H groups in total. The van der Waals surface area contributed by atoms with Crippen molar-refractivity contribution in [1.82, 2.24) is 0 Å². The van der Waals surface area contributed by atoms with E-state index in [1.54, 1.807) is 23.0 Å². The van der Waals surface area contributed by atoms with Gasteiger partial charge in [-0.1, -0.05) is 40.3 Å². The van der Waals surface area contributed by atoms with Crippen LogP contribution in [0.4, 0.5) is 5.69 Å². The summed E-state index contributed by atoms with van der Waals surface area (Å²) >= 11 is 9.12. The van der Waals surface area contributed by atoms with Crippen molar-refractivity contribution < 1.29 is 14.8 Å². The fraction of sp³-hybridized carbons (Fsp3) is 0.130. The Hall–Kier alpha value is -2.54. The number of aliphatic hydroxyl groups excluding tert-OH is 2. The predicted octanol–water partition coefficient (Wildman–Crippen LogP) is 5.17. The van der Waals surface area contributed by atoms with Gasteiger partial charge >= 0.3 is 0 Å². The lowest BCUT2D eigenvalue weighted by atomic mass is 10.1. The maximum absolute atomic E-state index is 11.1. The quantitative estimate of drug-likeness (QED) is 0.209. The number of aliphatic hydroxyl groups is 2. The van der Waals surface area contributed by atoms with Gasteiger partial charge in [-0.15, -0.1) is 0 Å². The van der Waals surface area contributed by atoms with E-state index in [4.69, 9.17) is 12.2 Å². The van der Waals surface area contributed by atoms with Crippen LogP contribution < -0.4 is 9.88 Å². The highest BCUT2D eigenvalue weighted by molar-refractivity contribution is 9.10. The van der Waals surface area contributed by atoms with Crippen LogP contribution >= 0.6 is 28.1 Å². The van der Waals surface area contributed by atoms with Gasteiger partial charge in [-0.25, -0.2) is 0 Å². The van der Waals surface area contributed by atoms with E-state index < -0.39 is 0 Å². The van der Waals surface area contributed by atoms with E-state index in [-0.39, 0.29) is 12.4 Å². The summed E-state index contributed by atoms with van der Waals surface area (Å²) in [7, 11) is 0. The van der Waals surface area contributed by atoms with Crippen molar-refractivity contribution in [1.29, 1.82) is 0 Å². The minimum absolute atomic E-state index is 0.0420. The Morgan fingerprint density at radius 1 is 1.10 bits per heavy atom. The third-order valence-corrected chi connectivity index (χ3v) is 5.33. The Bertz CT molecular complexity index is 1080. The van der Waals surface area contributed by atoms with Crippen LogP contribution in [-0.4, -0.2) is 15.2 Å². The van der Waals surface area contributed by atoms with E-state index in [9.17, 15) is 10.2 Å². The van der Waals surface area contributed by atoms with E-state index in [1.165, 1.54) is 0 Å². The van der Waals surface area contributed by atoms with Crippen LogP contribution in [0.3, 0.4) is 0 Å². The number of halogens is 1. The third kappa shape index (κ3) is 5.09. The number of benzene rings is 2. The van der Waals surface area contributed by atoms with Gasteiger partial charge < -0.3 is 15.5 Å². The van der Waals surface area contributed by atoms with Crippen LogP contribution in [0.15, 0.2) is 71.5 Å². The average Bonchev–Trinajstić information content (AvgIpc) is 2.71. The zero-order chi connectivity index (χ0) is 21.0. The molecule has 3 aromatic rings. The minimum atomic E-state index is -0.107. The standard InChI is InChI=1S/C23H21BrN2O2S/c1-15-5-6-16(2)20(12-15)25-23(29)21(26-11-3-4-17(13-26)14-27)22(28)18-7-9-19(24)10-8-18/h3-13,27H,14H2,1-2H3,(H-,25,28,29)/p+1. The number of hydrogen-bond donors (Lipinski definition) is 3. The summed E-state index contributed by atoms with van der Waals surface area (Å²) in [4.78, 5) is 0.374. The normalized spacial score (nSPS) is 11.7. The van der Waals surface area contributed by atoms with Gasteiger partial charge in [0.05, 0.1) is 6.61 Å². The van der Waals surface area contributed by atoms with Gasteiger partial charge in [-0.05, 0) is 61.4 Å². The molecule has 4 nitrogen and oxygen atoms in total. The van der Waals surface area contributed by atoms with Crippen molar-refractivity contribution in [2.24, 2.45) is 0 Å². The number of aromatic nitrogens is 1. The van der Waals surface area contributed by atoms with Gasteiger partial charge in [0, 0.05) is 27.4 Å². The highest BCUT2D eigenvalue weighted by Crippen LogP contribution is 2.23. The maximum atomic E-state index is 11.1. The van der Waals surface area contributed by atoms with Crippen LogP contribution in [0.25, 0.3) is 11.5 Å². The summed E-state index contributed by atoms with van der Waals surface area (Å²) in [6, 6.07) is 17.1. The largest absolute Gasteiger partial charge is 0.502 e. The smallest absolute Gasteiger partial charge is 0.288 e. The topological polar surface area (TPSA) is 56.4 Å². The maximum Gasteiger partial charge on any atom is 0.288 e. The highest BCUT2D eigenvalue weighted by Gasteiger charge is 2.24. The first-order valence-corrected chi connectivity index (χ1v) is 10.3. The first-order valence-electron chi connectivity index (χ1n) is 9.08. The van der Waals surface area contributed by atoms with Gasteiger partial charge in [0.25, 0.3) is 5.70 Å². The molecule has 0 aliphatic heterocycles. The molecule has 0 fully saturated rings. The number of rotatable bonds is 5. The fourth-order valence-corrected chi connectivity index (χ4v) is 3.48. The summed E-state index contributed by atoms with van der Waals surface area (Å²) in [5.74, 6) is 0.0420. The predicted molar refractivity (Wildman–Crippen MR) is 125 cm³/mol. The van der Waals surface area contributed by atoms with Crippen LogP contribution in [-0.2, 0) is 6.61 Å². The number of pyridine rings is 1. The lowest BCUT2D eigenvalue weighted by molar-refractivity contribution is -0.576. The van der Waals surface area contributed by atoms with Crippen LogP contribution in [0.5, 0.6) is 0 Å². The van der Waals surface area contributed by atoms with Crippen molar-refractivity contribution in [3.8, 4) is 0 Å². The Kier molecular flexibility index (Phi) is 6.79. The van der Waals surface area contributed by atoms with Crippen molar-refractivity contribution in [3.05, 3.63) is 93.7 Å². The molecule has 29 heavy (non-hydrogen) atoms. The van der Waals surface area contributed by atoms with Crippen molar-refractivity contribution in [3.63, 3.8) is 0 Å². The van der Waals surface area contributed by atoms with Gasteiger partial charge in [-0.3, -0.25) is 0 Å². The summed E-state index contributed by atoms with van der Waals surface area (Å²) in [6.45, 7) is 3.91. The molecule has 0 radical (unpaired) electrons. The fourth-order valence-electron chi connectivity index (χ4n) is 2.90. The molecule has 148 valence electrons. The molecule has 0 bridgehead atoms. The third-order valence-electron chi connectivity index (χ3n) is 4.50. The highest BCUT2D eigenvalue weighted by atomic mass is 79.9. The van der Waals surface area contributed by atoms with Crippen LogP contribution in [0, 0.1) is 13.8 Å². The van der Waals surface area contributed by atoms with E-state index in [2.05, 4.69) is 21.2 Å². The Labute approximate surface area is 184 Å². The van der Waals surface area contributed by atoms with E-state index in [0.29, 0.717) is 21.8 Å².